The SMILES string of the molecule is Br.CC1CC=C(C(=O)O)CC1. The number of hydrogen-bond acceptors (Lipinski definition) is 1. The van der Waals surface area contributed by atoms with E-state index in [1.807, 2.05) is 6.08 Å². The van der Waals surface area contributed by atoms with Crippen molar-refractivity contribution < 1.29 is 9.90 Å². The van der Waals surface area contributed by atoms with Gasteiger partial charge in [0.25, 0.3) is 0 Å². The molecule has 0 aromatic rings. The molecular formula is C8H13BrO2. The number of hydrogen-bond donors (Lipinski definition) is 1. The first kappa shape index (κ1) is 10.7. The minimum atomic E-state index is -0.744. The van der Waals surface area contributed by atoms with Crippen LogP contribution in [0.5, 0.6) is 0 Å². The van der Waals surface area contributed by atoms with Crippen LogP contribution in [0.25, 0.3) is 0 Å². The third kappa shape index (κ3) is 3.06. The lowest BCUT2D eigenvalue weighted by Gasteiger charge is -2.14. The number of aliphatic carboxylic acids is 1. The highest BCUT2D eigenvalue weighted by atomic mass is 79.9. The van der Waals surface area contributed by atoms with E-state index in [0.29, 0.717) is 11.5 Å². The molecule has 0 saturated heterocycles. The molecule has 0 aromatic carbocycles. The smallest absolute Gasteiger partial charge is 0.331 e. The third-order valence-electron chi connectivity index (χ3n) is 1.95. The Balaban J connectivity index is 0.000001000. The van der Waals surface area contributed by atoms with Gasteiger partial charge in [-0.1, -0.05) is 13.0 Å². The van der Waals surface area contributed by atoms with E-state index >= 15 is 0 Å². The molecule has 0 bridgehead atoms. The Hall–Kier alpha value is -0.310. The van der Waals surface area contributed by atoms with Gasteiger partial charge in [0.05, 0.1) is 0 Å². The summed E-state index contributed by atoms with van der Waals surface area (Å²) in [5.74, 6) is -0.0741. The van der Waals surface area contributed by atoms with Crippen LogP contribution in [0, 0.1) is 5.92 Å². The molecule has 0 aliphatic heterocycles. The van der Waals surface area contributed by atoms with Crippen LogP contribution in [0.4, 0.5) is 0 Å². The van der Waals surface area contributed by atoms with Crippen LogP contribution in [-0.2, 0) is 4.79 Å². The van der Waals surface area contributed by atoms with Gasteiger partial charge in [-0.2, -0.15) is 0 Å². The molecule has 1 N–H and O–H groups in total. The van der Waals surface area contributed by atoms with Crippen LogP contribution < -0.4 is 0 Å². The molecule has 64 valence electrons. The average Bonchev–Trinajstić information content (AvgIpc) is 1.88. The van der Waals surface area contributed by atoms with Gasteiger partial charge in [0.1, 0.15) is 0 Å². The molecule has 0 heterocycles. The van der Waals surface area contributed by atoms with Gasteiger partial charge >= 0.3 is 5.97 Å². The first-order valence-electron chi connectivity index (χ1n) is 3.62. The van der Waals surface area contributed by atoms with E-state index in [9.17, 15) is 4.79 Å². The first-order valence-corrected chi connectivity index (χ1v) is 3.62. The maximum Gasteiger partial charge on any atom is 0.331 e. The molecule has 0 radical (unpaired) electrons. The average molecular weight is 221 g/mol. The van der Waals surface area contributed by atoms with Gasteiger partial charge < -0.3 is 5.11 Å². The van der Waals surface area contributed by atoms with Crippen molar-refractivity contribution in [3.8, 4) is 0 Å². The number of carboxylic acid groups (broad SMARTS) is 1. The first-order chi connectivity index (χ1) is 4.70. The van der Waals surface area contributed by atoms with Crippen molar-refractivity contribution in [1.82, 2.24) is 0 Å². The molecule has 1 aliphatic carbocycles. The Morgan fingerprint density at radius 2 is 2.36 bits per heavy atom. The van der Waals surface area contributed by atoms with Crippen molar-refractivity contribution in [2.45, 2.75) is 26.2 Å². The Bertz CT molecular complexity index is 175. The van der Waals surface area contributed by atoms with Crippen LogP contribution in [0.3, 0.4) is 0 Å². The molecule has 3 heteroatoms. The van der Waals surface area contributed by atoms with Gasteiger partial charge in [0.15, 0.2) is 0 Å². The molecule has 1 unspecified atom stereocenters. The van der Waals surface area contributed by atoms with Crippen LogP contribution in [-0.4, -0.2) is 11.1 Å². The number of carbonyl (C=O) groups is 1. The van der Waals surface area contributed by atoms with E-state index < -0.39 is 5.97 Å². The summed E-state index contributed by atoms with van der Waals surface area (Å²) in [6.45, 7) is 2.15. The summed E-state index contributed by atoms with van der Waals surface area (Å²) in [6, 6.07) is 0. The zero-order valence-electron chi connectivity index (χ0n) is 6.54. The maximum atomic E-state index is 10.4. The van der Waals surface area contributed by atoms with E-state index in [-0.39, 0.29) is 17.0 Å². The van der Waals surface area contributed by atoms with Gasteiger partial charge in [-0.15, -0.1) is 17.0 Å². The molecule has 11 heavy (non-hydrogen) atoms. The fraction of sp³-hybridized carbons (Fsp3) is 0.625. The summed E-state index contributed by atoms with van der Waals surface area (Å²) in [4.78, 5) is 10.4. The minimum absolute atomic E-state index is 0. The highest BCUT2D eigenvalue weighted by molar-refractivity contribution is 8.93. The molecule has 2 nitrogen and oxygen atoms in total. The predicted molar refractivity (Wildman–Crippen MR) is 49.1 cm³/mol. The van der Waals surface area contributed by atoms with E-state index in [2.05, 4.69) is 6.92 Å². The van der Waals surface area contributed by atoms with E-state index in [0.717, 1.165) is 19.3 Å². The van der Waals surface area contributed by atoms with Crippen LogP contribution in [0.2, 0.25) is 0 Å². The summed E-state index contributed by atoms with van der Waals surface area (Å²) in [5.41, 5.74) is 0.595. The predicted octanol–water partition coefficient (Wildman–Crippen LogP) is 2.40. The Morgan fingerprint density at radius 3 is 2.73 bits per heavy atom. The molecule has 1 rings (SSSR count). The van der Waals surface area contributed by atoms with Crippen LogP contribution >= 0.6 is 17.0 Å². The van der Waals surface area contributed by atoms with Crippen molar-refractivity contribution in [2.24, 2.45) is 5.92 Å². The van der Waals surface area contributed by atoms with Crippen molar-refractivity contribution in [3.63, 3.8) is 0 Å². The van der Waals surface area contributed by atoms with E-state index in [1.165, 1.54) is 0 Å². The normalized spacial score (nSPS) is 23.4. The molecule has 1 atom stereocenters. The monoisotopic (exact) mass is 220 g/mol. The highest BCUT2D eigenvalue weighted by Crippen LogP contribution is 2.22. The Kier molecular flexibility index (Phi) is 4.42. The number of rotatable bonds is 1. The zero-order chi connectivity index (χ0) is 7.56. The molecule has 0 fully saturated rings. The van der Waals surface area contributed by atoms with Gasteiger partial charge in [-0.25, -0.2) is 4.79 Å². The van der Waals surface area contributed by atoms with Crippen molar-refractivity contribution >= 4 is 23.0 Å². The minimum Gasteiger partial charge on any atom is -0.478 e. The van der Waals surface area contributed by atoms with Gasteiger partial charge in [0.2, 0.25) is 0 Å². The van der Waals surface area contributed by atoms with Crippen molar-refractivity contribution in [3.05, 3.63) is 11.6 Å². The lowest BCUT2D eigenvalue weighted by Crippen LogP contribution is -2.08. The molecule has 1 aliphatic rings. The summed E-state index contributed by atoms with van der Waals surface area (Å²) in [6.07, 6.45) is 4.55. The molecule has 0 amide bonds. The number of halogens is 1. The second-order valence-electron chi connectivity index (χ2n) is 2.91. The fourth-order valence-electron chi connectivity index (χ4n) is 1.16. The summed E-state index contributed by atoms with van der Waals surface area (Å²) >= 11 is 0. The second kappa shape index (κ2) is 4.54. The zero-order valence-corrected chi connectivity index (χ0v) is 8.25. The highest BCUT2D eigenvalue weighted by Gasteiger charge is 2.14. The van der Waals surface area contributed by atoms with Crippen molar-refractivity contribution in [1.29, 1.82) is 0 Å². The summed E-state index contributed by atoms with van der Waals surface area (Å²) in [7, 11) is 0. The molecule has 0 spiro atoms. The molecule has 0 saturated carbocycles. The third-order valence-corrected chi connectivity index (χ3v) is 1.95. The van der Waals surface area contributed by atoms with E-state index in [1.54, 1.807) is 0 Å². The Labute approximate surface area is 77.1 Å². The van der Waals surface area contributed by atoms with Crippen LogP contribution in [0.1, 0.15) is 26.2 Å². The van der Waals surface area contributed by atoms with E-state index in [4.69, 9.17) is 5.11 Å². The number of allylic oxidation sites excluding steroid dienone is 1. The standard InChI is InChI=1S/C8H12O2.BrH/c1-6-2-4-7(5-3-6)8(9)10;/h4,6H,2-3,5H2,1H3,(H,9,10);1H. The van der Waals surface area contributed by atoms with Crippen molar-refractivity contribution in [2.75, 3.05) is 0 Å². The lowest BCUT2D eigenvalue weighted by atomic mass is 9.91. The topological polar surface area (TPSA) is 37.3 Å². The van der Waals surface area contributed by atoms with Crippen LogP contribution in [0.15, 0.2) is 11.6 Å². The maximum absolute atomic E-state index is 10.4. The summed E-state index contributed by atoms with van der Waals surface area (Å²) in [5, 5.41) is 8.56. The summed E-state index contributed by atoms with van der Waals surface area (Å²) < 4.78 is 0. The molecular weight excluding hydrogens is 208 g/mol. The van der Waals surface area contributed by atoms with Gasteiger partial charge in [-0.3, -0.25) is 0 Å². The fourth-order valence-corrected chi connectivity index (χ4v) is 1.16. The van der Waals surface area contributed by atoms with Gasteiger partial charge in [0, 0.05) is 5.57 Å². The lowest BCUT2D eigenvalue weighted by molar-refractivity contribution is -0.132. The van der Waals surface area contributed by atoms with Gasteiger partial charge in [-0.05, 0) is 25.2 Å². The number of carboxylic acids is 1. The second-order valence-corrected chi connectivity index (χ2v) is 2.91. The molecule has 0 aromatic heterocycles. The quantitative estimate of drug-likeness (QED) is 0.738. The largest absolute Gasteiger partial charge is 0.478 e. The Morgan fingerprint density at radius 1 is 1.73 bits per heavy atom.